The van der Waals surface area contributed by atoms with E-state index in [1.165, 1.54) is 12.3 Å². The van der Waals surface area contributed by atoms with Crippen molar-refractivity contribution in [2.75, 3.05) is 25.7 Å². The maximum atomic E-state index is 12.4. The molecule has 0 atom stereocenters. The molecule has 0 saturated heterocycles. The van der Waals surface area contributed by atoms with Gasteiger partial charge >= 0.3 is 0 Å². The second-order valence-electron chi connectivity index (χ2n) is 5.21. The Kier molecular flexibility index (Phi) is 5.20. The first-order valence-corrected chi connectivity index (χ1v) is 8.81. The fourth-order valence-corrected chi connectivity index (χ4v) is 3.85. The lowest BCUT2D eigenvalue weighted by molar-refractivity contribution is 0.173. The number of nitrogens with one attached hydrogen (secondary N) is 2. The minimum Gasteiger partial charge on any atom is -0.385 e. The number of nitrogen functional groups attached to an aromatic ring is 1. The smallest absolute Gasteiger partial charge is 0.244 e. The fourth-order valence-electron chi connectivity index (χ4n) is 2.07. The van der Waals surface area contributed by atoms with Gasteiger partial charge in [0.15, 0.2) is 5.82 Å². The van der Waals surface area contributed by atoms with Crippen LogP contribution in [0, 0.1) is 5.41 Å². The highest BCUT2D eigenvalue weighted by Crippen LogP contribution is 2.48. The molecule has 0 bridgehead atoms. The number of hydrogen-bond donors (Lipinski definition) is 3. The van der Waals surface area contributed by atoms with Gasteiger partial charge in [-0.2, -0.15) is 0 Å². The Bertz CT molecular complexity index is 605. The summed E-state index contributed by atoms with van der Waals surface area (Å²) in [6, 6.07) is 1.47. The van der Waals surface area contributed by atoms with Crippen LogP contribution in [-0.4, -0.2) is 33.7 Å². The van der Waals surface area contributed by atoms with Gasteiger partial charge in [0.05, 0.1) is 0 Å². The molecular formula is C12H19BrN4O3S. The van der Waals surface area contributed by atoms with Gasteiger partial charge in [-0.3, -0.25) is 0 Å². The summed E-state index contributed by atoms with van der Waals surface area (Å²) in [5.74, 6) is 5.44. The van der Waals surface area contributed by atoms with Crippen LogP contribution in [0.4, 0.5) is 5.82 Å². The summed E-state index contributed by atoms with van der Waals surface area (Å²) in [7, 11) is -2.02. The van der Waals surface area contributed by atoms with Gasteiger partial charge in [0.25, 0.3) is 0 Å². The van der Waals surface area contributed by atoms with Crippen molar-refractivity contribution in [1.29, 1.82) is 0 Å². The molecule has 0 radical (unpaired) electrons. The van der Waals surface area contributed by atoms with E-state index in [0.29, 0.717) is 17.6 Å². The molecule has 0 unspecified atom stereocenters. The predicted octanol–water partition coefficient (Wildman–Crippen LogP) is 1.22. The molecule has 118 valence electrons. The number of anilines is 1. The molecular weight excluding hydrogens is 360 g/mol. The summed E-state index contributed by atoms with van der Waals surface area (Å²) in [6.45, 7) is 1.03. The number of methoxy groups -OCH3 is 1. The van der Waals surface area contributed by atoms with E-state index in [-0.39, 0.29) is 16.1 Å². The van der Waals surface area contributed by atoms with Gasteiger partial charge in [0.2, 0.25) is 10.0 Å². The first-order chi connectivity index (χ1) is 9.92. The number of hydrogen-bond acceptors (Lipinski definition) is 6. The molecule has 21 heavy (non-hydrogen) atoms. The van der Waals surface area contributed by atoms with Crippen molar-refractivity contribution in [3.63, 3.8) is 0 Å². The number of aromatic nitrogens is 1. The Balaban J connectivity index is 2.10. The lowest BCUT2D eigenvalue weighted by Crippen LogP contribution is -2.32. The van der Waals surface area contributed by atoms with Crippen molar-refractivity contribution in [3.05, 3.63) is 16.7 Å². The average molecular weight is 379 g/mol. The van der Waals surface area contributed by atoms with Crippen LogP contribution in [0.2, 0.25) is 0 Å². The van der Waals surface area contributed by atoms with Gasteiger partial charge in [0, 0.05) is 30.9 Å². The summed E-state index contributed by atoms with van der Waals surface area (Å²) < 4.78 is 33.1. The van der Waals surface area contributed by atoms with Gasteiger partial charge in [-0.15, -0.1) is 0 Å². The fraction of sp³-hybridized carbons (Fsp3) is 0.583. The molecule has 7 nitrogen and oxygen atoms in total. The average Bonchev–Trinajstić information content (AvgIpc) is 3.24. The van der Waals surface area contributed by atoms with Gasteiger partial charge in [-0.1, -0.05) is 0 Å². The zero-order chi connectivity index (χ0) is 15.5. The highest BCUT2D eigenvalue weighted by Gasteiger charge is 2.42. The molecule has 1 aromatic rings. The van der Waals surface area contributed by atoms with Crippen molar-refractivity contribution in [3.8, 4) is 0 Å². The summed E-state index contributed by atoms with van der Waals surface area (Å²) in [5.41, 5.74) is 2.33. The van der Waals surface area contributed by atoms with Gasteiger partial charge in [0.1, 0.15) is 4.90 Å². The van der Waals surface area contributed by atoms with Crippen molar-refractivity contribution in [2.24, 2.45) is 11.3 Å². The normalized spacial score (nSPS) is 16.7. The molecule has 2 rings (SSSR count). The number of hydrazine groups is 1. The van der Waals surface area contributed by atoms with Crippen LogP contribution < -0.4 is 16.0 Å². The summed E-state index contributed by atoms with van der Waals surface area (Å²) in [4.78, 5) is 3.98. The van der Waals surface area contributed by atoms with E-state index >= 15 is 0 Å². The maximum Gasteiger partial charge on any atom is 0.244 e. The second kappa shape index (κ2) is 6.57. The number of nitrogens with two attached hydrogens (primary N) is 1. The minimum atomic E-state index is -3.67. The van der Waals surface area contributed by atoms with Gasteiger partial charge in [-0.25, -0.2) is 24.0 Å². The van der Waals surface area contributed by atoms with Crippen LogP contribution >= 0.6 is 15.9 Å². The van der Waals surface area contributed by atoms with Crippen LogP contribution in [0.15, 0.2) is 21.6 Å². The van der Waals surface area contributed by atoms with Gasteiger partial charge < -0.3 is 10.2 Å². The van der Waals surface area contributed by atoms with E-state index < -0.39 is 10.0 Å². The first-order valence-electron chi connectivity index (χ1n) is 6.53. The second-order valence-corrected chi connectivity index (χ2v) is 7.86. The molecule has 4 N–H and O–H groups in total. The van der Waals surface area contributed by atoms with Crippen LogP contribution in [0.25, 0.3) is 0 Å². The number of ether oxygens (including phenoxy) is 1. The highest BCUT2D eigenvalue weighted by atomic mass is 79.9. The van der Waals surface area contributed by atoms with E-state index in [1.807, 2.05) is 0 Å². The van der Waals surface area contributed by atoms with Crippen LogP contribution in [0.5, 0.6) is 0 Å². The van der Waals surface area contributed by atoms with Crippen LogP contribution in [0.3, 0.4) is 0 Å². The van der Waals surface area contributed by atoms with E-state index in [4.69, 9.17) is 10.6 Å². The van der Waals surface area contributed by atoms with Crippen molar-refractivity contribution >= 4 is 31.8 Å². The molecule has 1 aliphatic carbocycles. The topological polar surface area (TPSA) is 106 Å². The molecule has 9 heteroatoms. The Morgan fingerprint density at radius 2 is 2.24 bits per heavy atom. The summed E-state index contributed by atoms with van der Waals surface area (Å²) in [5, 5.41) is 0. The minimum absolute atomic E-state index is 0.0266. The Morgan fingerprint density at radius 1 is 1.52 bits per heavy atom. The van der Waals surface area contributed by atoms with Crippen molar-refractivity contribution < 1.29 is 13.2 Å². The molecule has 0 aliphatic heterocycles. The number of pyridine rings is 1. The number of sulfonamides is 1. The Morgan fingerprint density at radius 3 is 2.81 bits per heavy atom. The molecule has 1 aromatic heterocycles. The largest absolute Gasteiger partial charge is 0.385 e. The number of rotatable bonds is 8. The predicted molar refractivity (Wildman–Crippen MR) is 83.1 cm³/mol. The number of nitrogens with zero attached hydrogens (tertiary/aromatic N) is 1. The zero-order valence-corrected chi connectivity index (χ0v) is 14.1. The highest BCUT2D eigenvalue weighted by molar-refractivity contribution is 9.10. The molecule has 0 spiro atoms. The third-order valence-corrected chi connectivity index (χ3v) is 5.52. The Hall–Kier alpha value is -0.740. The first kappa shape index (κ1) is 16.6. The lowest BCUT2D eigenvalue weighted by atomic mass is 10.0. The van der Waals surface area contributed by atoms with Crippen molar-refractivity contribution in [1.82, 2.24) is 9.71 Å². The van der Waals surface area contributed by atoms with Crippen LogP contribution in [-0.2, 0) is 14.8 Å². The molecule has 0 aromatic carbocycles. The summed E-state index contributed by atoms with van der Waals surface area (Å²) in [6.07, 6.45) is 4.36. The van der Waals surface area contributed by atoms with Crippen molar-refractivity contribution in [2.45, 2.75) is 24.2 Å². The van der Waals surface area contributed by atoms with E-state index in [2.05, 4.69) is 31.1 Å². The van der Waals surface area contributed by atoms with E-state index in [9.17, 15) is 8.42 Å². The monoisotopic (exact) mass is 378 g/mol. The maximum absolute atomic E-state index is 12.4. The standard InChI is InChI=1S/C12H19BrN4O3S/c1-20-5-4-12(2-3-12)8-16-21(18,19)10-6-9(13)7-15-11(10)17-14/h6-7,16H,2-5,8,14H2,1H3,(H,15,17). The summed E-state index contributed by atoms with van der Waals surface area (Å²) >= 11 is 3.22. The molecule has 1 heterocycles. The van der Waals surface area contributed by atoms with Gasteiger partial charge in [-0.05, 0) is 46.7 Å². The lowest BCUT2D eigenvalue weighted by Gasteiger charge is -2.16. The number of halogens is 1. The zero-order valence-electron chi connectivity index (χ0n) is 11.7. The Labute approximate surface area is 132 Å². The van der Waals surface area contributed by atoms with Crippen LogP contribution in [0.1, 0.15) is 19.3 Å². The SMILES string of the molecule is COCCC1(CNS(=O)(=O)c2cc(Br)cnc2NN)CC1. The molecule has 1 saturated carbocycles. The molecule has 0 amide bonds. The van der Waals surface area contributed by atoms with E-state index in [0.717, 1.165) is 19.3 Å². The molecule has 1 fully saturated rings. The van der Waals surface area contributed by atoms with E-state index in [1.54, 1.807) is 7.11 Å². The quantitative estimate of drug-likeness (QED) is 0.463. The third kappa shape index (κ3) is 4.13. The molecule has 1 aliphatic rings. The third-order valence-electron chi connectivity index (χ3n) is 3.68.